The zero-order valence-corrected chi connectivity index (χ0v) is 8.67. The van der Waals surface area contributed by atoms with Crippen molar-refractivity contribution >= 4 is 0 Å². The van der Waals surface area contributed by atoms with E-state index < -0.39 is 6.10 Å². The Morgan fingerprint density at radius 2 is 2.00 bits per heavy atom. The third-order valence-corrected chi connectivity index (χ3v) is 2.32. The molecule has 3 nitrogen and oxygen atoms in total. The molecule has 0 unspecified atom stereocenters. The lowest BCUT2D eigenvalue weighted by Gasteiger charge is -2.10. The number of aliphatic hydroxyl groups excluding tert-OH is 1. The molecule has 0 aliphatic rings. The Labute approximate surface area is 89.0 Å². The van der Waals surface area contributed by atoms with Crippen LogP contribution >= 0.6 is 0 Å². The van der Waals surface area contributed by atoms with Crippen molar-refractivity contribution in [3.8, 4) is 0 Å². The first-order valence-electron chi connectivity index (χ1n) is 4.99. The van der Waals surface area contributed by atoms with Crippen LogP contribution in [0.25, 0.3) is 0 Å². The molecule has 0 saturated carbocycles. The molecule has 1 atom stereocenters. The molecule has 0 radical (unpaired) electrons. The van der Waals surface area contributed by atoms with Gasteiger partial charge in [-0.1, -0.05) is 30.3 Å². The molecule has 2 aromatic rings. The summed E-state index contributed by atoms with van der Waals surface area (Å²) in [5, 5.41) is 14.2. The monoisotopic (exact) mass is 202 g/mol. The number of aromatic nitrogens is 2. The molecule has 1 heterocycles. The average molecular weight is 202 g/mol. The molecular weight excluding hydrogens is 188 g/mol. The topological polar surface area (TPSA) is 38.0 Å². The minimum absolute atomic E-state index is 0.495. The third kappa shape index (κ3) is 2.44. The SMILES string of the molecule is Cc1ccn(C[C@H](O)c2ccccc2)n1. The summed E-state index contributed by atoms with van der Waals surface area (Å²) in [6, 6.07) is 11.5. The largest absolute Gasteiger partial charge is 0.386 e. The van der Waals surface area contributed by atoms with Gasteiger partial charge in [0, 0.05) is 6.20 Å². The van der Waals surface area contributed by atoms with Gasteiger partial charge in [-0.15, -0.1) is 0 Å². The summed E-state index contributed by atoms with van der Waals surface area (Å²) >= 11 is 0. The van der Waals surface area contributed by atoms with E-state index in [4.69, 9.17) is 0 Å². The number of aliphatic hydroxyl groups is 1. The van der Waals surface area contributed by atoms with Gasteiger partial charge in [-0.05, 0) is 18.6 Å². The zero-order chi connectivity index (χ0) is 10.7. The van der Waals surface area contributed by atoms with E-state index >= 15 is 0 Å². The number of rotatable bonds is 3. The smallest absolute Gasteiger partial charge is 0.0985 e. The Balaban J connectivity index is 2.07. The predicted molar refractivity (Wildman–Crippen MR) is 58.4 cm³/mol. The lowest BCUT2D eigenvalue weighted by molar-refractivity contribution is 0.151. The van der Waals surface area contributed by atoms with Gasteiger partial charge in [0.1, 0.15) is 0 Å². The Kier molecular flexibility index (Phi) is 2.83. The first kappa shape index (κ1) is 9.93. The van der Waals surface area contributed by atoms with Crippen LogP contribution in [0.2, 0.25) is 0 Å². The van der Waals surface area contributed by atoms with E-state index in [0.717, 1.165) is 11.3 Å². The van der Waals surface area contributed by atoms with E-state index in [2.05, 4.69) is 5.10 Å². The van der Waals surface area contributed by atoms with Gasteiger partial charge >= 0.3 is 0 Å². The molecule has 3 heteroatoms. The van der Waals surface area contributed by atoms with Gasteiger partial charge in [-0.3, -0.25) is 4.68 Å². The van der Waals surface area contributed by atoms with Gasteiger partial charge in [0.2, 0.25) is 0 Å². The Hall–Kier alpha value is -1.61. The van der Waals surface area contributed by atoms with Crippen molar-refractivity contribution < 1.29 is 5.11 Å². The maximum absolute atomic E-state index is 9.92. The second-order valence-corrected chi connectivity index (χ2v) is 3.61. The molecule has 1 N–H and O–H groups in total. The highest BCUT2D eigenvalue weighted by Crippen LogP contribution is 2.13. The molecule has 0 amide bonds. The molecule has 0 spiro atoms. The molecule has 1 aromatic carbocycles. The van der Waals surface area contributed by atoms with Crippen LogP contribution in [0.5, 0.6) is 0 Å². The molecular formula is C12H14N2O. The van der Waals surface area contributed by atoms with Crippen LogP contribution in [0.3, 0.4) is 0 Å². The van der Waals surface area contributed by atoms with Crippen LogP contribution in [0, 0.1) is 6.92 Å². The van der Waals surface area contributed by atoms with Crippen molar-refractivity contribution in [2.75, 3.05) is 0 Å². The van der Waals surface area contributed by atoms with Crippen molar-refractivity contribution in [1.82, 2.24) is 9.78 Å². The Morgan fingerprint density at radius 3 is 2.60 bits per heavy atom. The number of hydrogen-bond donors (Lipinski definition) is 1. The molecule has 0 aliphatic heterocycles. The van der Waals surface area contributed by atoms with E-state index in [1.807, 2.05) is 49.5 Å². The Morgan fingerprint density at radius 1 is 1.27 bits per heavy atom. The second-order valence-electron chi connectivity index (χ2n) is 3.61. The van der Waals surface area contributed by atoms with Crippen molar-refractivity contribution in [2.45, 2.75) is 19.6 Å². The molecule has 2 rings (SSSR count). The first-order valence-corrected chi connectivity index (χ1v) is 4.99. The minimum atomic E-state index is -0.495. The summed E-state index contributed by atoms with van der Waals surface area (Å²) < 4.78 is 1.76. The van der Waals surface area contributed by atoms with E-state index in [1.54, 1.807) is 4.68 Å². The maximum Gasteiger partial charge on any atom is 0.0985 e. The van der Waals surface area contributed by atoms with Gasteiger partial charge in [0.05, 0.1) is 18.3 Å². The van der Waals surface area contributed by atoms with Gasteiger partial charge < -0.3 is 5.11 Å². The van der Waals surface area contributed by atoms with Crippen LogP contribution in [0.4, 0.5) is 0 Å². The van der Waals surface area contributed by atoms with Gasteiger partial charge in [-0.25, -0.2) is 0 Å². The van der Waals surface area contributed by atoms with Gasteiger partial charge in [-0.2, -0.15) is 5.10 Å². The highest BCUT2D eigenvalue weighted by atomic mass is 16.3. The summed E-state index contributed by atoms with van der Waals surface area (Å²) in [4.78, 5) is 0. The van der Waals surface area contributed by atoms with Crippen molar-refractivity contribution in [3.05, 3.63) is 53.9 Å². The average Bonchev–Trinajstić information content (AvgIpc) is 2.65. The van der Waals surface area contributed by atoms with E-state index in [1.165, 1.54) is 0 Å². The zero-order valence-electron chi connectivity index (χ0n) is 8.67. The normalized spacial score (nSPS) is 12.7. The van der Waals surface area contributed by atoms with Crippen molar-refractivity contribution in [2.24, 2.45) is 0 Å². The van der Waals surface area contributed by atoms with Crippen LogP contribution in [0.15, 0.2) is 42.6 Å². The van der Waals surface area contributed by atoms with E-state index in [0.29, 0.717) is 6.54 Å². The quantitative estimate of drug-likeness (QED) is 0.825. The number of hydrogen-bond acceptors (Lipinski definition) is 2. The number of nitrogens with zero attached hydrogens (tertiary/aromatic N) is 2. The lowest BCUT2D eigenvalue weighted by Crippen LogP contribution is -2.09. The van der Waals surface area contributed by atoms with Crippen molar-refractivity contribution in [3.63, 3.8) is 0 Å². The van der Waals surface area contributed by atoms with E-state index in [9.17, 15) is 5.11 Å². The molecule has 0 bridgehead atoms. The predicted octanol–water partition coefficient (Wildman–Crippen LogP) is 1.93. The number of benzene rings is 1. The number of aryl methyl sites for hydroxylation is 1. The molecule has 0 aliphatic carbocycles. The van der Waals surface area contributed by atoms with Crippen LogP contribution < -0.4 is 0 Å². The summed E-state index contributed by atoms with van der Waals surface area (Å²) in [6.07, 6.45) is 1.38. The first-order chi connectivity index (χ1) is 7.25. The van der Waals surface area contributed by atoms with Crippen LogP contribution in [-0.4, -0.2) is 14.9 Å². The van der Waals surface area contributed by atoms with Gasteiger partial charge in [0.15, 0.2) is 0 Å². The van der Waals surface area contributed by atoms with E-state index in [-0.39, 0.29) is 0 Å². The highest BCUT2D eigenvalue weighted by molar-refractivity contribution is 5.17. The lowest BCUT2D eigenvalue weighted by atomic mass is 10.1. The van der Waals surface area contributed by atoms with Crippen LogP contribution in [0.1, 0.15) is 17.4 Å². The molecule has 0 saturated heterocycles. The summed E-state index contributed by atoms with van der Waals surface area (Å²) in [5.74, 6) is 0. The van der Waals surface area contributed by atoms with Crippen molar-refractivity contribution in [1.29, 1.82) is 0 Å². The molecule has 1 aromatic heterocycles. The molecule has 15 heavy (non-hydrogen) atoms. The minimum Gasteiger partial charge on any atom is -0.386 e. The summed E-state index contributed by atoms with van der Waals surface area (Å²) in [7, 11) is 0. The van der Waals surface area contributed by atoms with Crippen LogP contribution in [-0.2, 0) is 6.54 Å². The fourth-order valence-corrected chi connectivity index (χ4v) is 1.52. The second kappa shape index (κ2) is 4.28. The fraction of sp³-hybridized carbons (Fsp3) is 0.250. The molecule has 78 valence electrons. The summed E-state index contributed by atoms with van der Waals surface area (Å²) in [6.45, 7) is 2.43. The van der Waals surface area contributed by atoms with Gasteiger partial charge in [0.25, 0.3) is 0 Å². The third-order valence-electron chi connectivity index (χ3n) is 2.32. The Bertz CT molecular complexity index is 422. The maximum atomic E-state index is 9.92. The fourth-order valence-electron chi connectivity index (χ4n) is 1.52. The molecule has 0 fully saturated rings. The highest BCUT2D eigenvalue weighted by Gasteiger charge is 2.07. The summed E-state index contributed by atoms with van der Waals surface area (Å²) in [5.41, 5.74) is 1.89. The standard InChI is InChI=1S/C12H14N2O/c1-10-7-8-14(13-10)9-12(15)11-5-3-2-4-6-11/h2-8,12,15H,9H2,1H3/t12-/m0/s1.